The summed E-state index contributed by atoms with van der Waals surface area (Å²) in [6.07, 6.45) is 0. The summed E-state index contributed by atoms with van der Waals surface area (Å²) in [4.78, 5) is 12.9. The van der Waals surface area contributed by atoms with Crippen LogP contribution in [-0.4, -0.2) is 25.7 Å². The Morgan fingerprint density at radius 3 is 2.00 bits per heavy atom. The van der Waals surface area contributed by atoms with E-state index in [9.17, 15) is 4.79 Å². The highest BCUT2D eigenvalue weighted by Crippen LogP contribution is 2.37. The van der Waals surface area contributed by atoms with E-state index in [-0.39, 0.29) is 5.97 Å². The third-order valence-electron chi connectivity index (χ3n) is 5.71. The standard InChI is InChI=1S/C29H36N2O2/c1-18(2)17-30-24-12-8-22(9-13-24)26-16-20(5)27(28(21(26)6)29(32)33-7)23-10-14-25(15-11-23)31-19(3)4/h8-16,18-19,30-31H,17H2,1-7H3. The first-order valence-corrected chi connectivity index (χ1v) is 11.6. The maximum Gasteiger partial charge on any atom is 0.338 e. The summed E-state index contributed by atoms with van der Waals surface area (Å²) >= 11 is 0. The Bertz CT molecular complexity index is 1100. The summed E-state index contributed by atoms with van der Waals surface area (Å²) in [6, 6.07) is 19.2. The fraction of sp³-hybridized carbons (Fsp3) is 0.345. The van der Waals surface area contributed by atoms with Gasteiger partial charge in [0.25, 0.3) is 0 Å². The summed E-state index contributed by atoms with van der Waals surface area (Å²) < 4.78 is 5.21. The minimum absolute atomic E-state index is 0.313. The molecule has 0 bridgehead atoms. The number of anilines is 2. The fourth-order valence-electron chi connectivity index (χ4n) is 4.10. The molecule has 174 valence electrons. The molecule has 0 aliphatic rings. The monoisotopic (exact) mass is 444 g/mol. The van der Waals surface area contributed by atoms with Crippen molar-refractivity contribution in [3.63, 3.8) is 0 Å². The van der Waals surface area contributed by atoms with Crippen LogP contribution in [0.25, 0.3) is 22.3 Å². The number of carbonyl (C=O) groups excluding carboxylic acids is 1. The molecular weight excluding hydrogens is 408 g/mol. The highest BCUT2D eigenvalue weighted by molar-refractivity contribution is 6.02. The average molecular weight is 445 g/mol. The van der Waals surface area contributed by atoms with E-state index in [4.69, 9.17) is 4.74 Å². The van der Waals surface area contributed by atoms with Crippen molar-refractivity contribution in [2.45, 2.75) is 47.6 Å². The normalized spacial score (nSPS) is 11.1. The van der Waals surface area contributed by atoms with Gasteiger partial charge >= 0.3 is 5.97 Å². The van der Waals surface area contributed by atoms with Gasteiger partial charge in [0.05, 0.1) is 12.7 Å². The van der Waals surface area contributed by atoms with Crippen molar-refractivity contribution < 1.29 is 9.53 Å². The number of methoxy groups -OCH3 is 1. The van der Waals surface area contributed by atoms with E-state index >= 15 is 0 Å². The smallest absolute Gasteiger partial charge is 0.338 e. The molecule has 0 spiro atoms. The molecule has 0 fully saturated rings. The Kier molecular flexibility index (Phi) is 7.80. The van der Waals surface area contributed by atoms with Crippen LogP contribution >= 0.6 is 0 Å². The van der Waals surface area contributed by atoms with Gasteiger partial charge < -0.3 is 15.4 Å². The van der Waals surface area contributed by atoms with Crippen LogP contribution in [0.1, 0.15) is 49.2 Å². The van der Waals surface area contributed by atoms with Gasteiger partial charge in [-0.05, 0) is 91.3 Å². The van der Waals surface area contributed by atoms with Crippen LogP contribution in [0.4, 0.5) is 11.4 Å². The van der Waals surface area contributed by atoms with Crippen molar-refractivity contribution in [3.8, 4) is 22.3 Å². The lowest BCUT2D eigenvalue weighted by Crippen LogP contribution is -2.10. The minimum Gasteiger partial charge on any atom is -0.465 e. The van der Waals surface area contributed by atoms with E-state index in [0.29, 0.717) is 17.5 Å². The number of ether oxygens (including phenoxy) is 1. The molecule has 2 N–H and O–H groups in total. The van der Waals surface area contributed by atoms with Crippen molar-refractivity contribution in [1.82, 2.24) is 0 Å². The molecule has 3 aromatic rings. The summed E-state index contributed by atoms with van der Waals surface area (Å²) in [5.74, 6) is 0.270. The predicted octanol–water partition coefficient (Wildman–Crippen LogP) is 7.31. The van der Waals surface area contributed by atoms with Crippen LogP contribution in [0.5, 0.6) is 0 Å². The highest BCUT2D eigenvalue weighted by Gasteiger charge is 2.22. The van der Waals surface area contributed by atoms with Gasteiger partial charge in [-0.1, -0.05) is 44.2 Å². The molecule has 3 rings (SSSR count). The number of aryl methyl sites for hydroxylation is 1. The molecular formula is C29H36N2O2. The van der Waals surface area contributed by atoms with Gasteiger partial charge in [-0.3, -0.25) is 0 Å². The first-order chi connectivity index (χ1) is 15.7. The Morgan fingerprint density at radius 2 is 1.45 bits per heavy atom. The van der Waals surface area contributed by atoms with Gasteiger partial charge in [0, 0.05) is 24.0 Å². The van der Waals surface area contributed by atoms with E-state index in [0.717, 1.165) is 51.3 Å². The quantitative estimate of drug-likeness (QED) is 0.358. The van der Waals surface area contributed by atoms with Crippen LogP contribution in [0.2, 0.25) is 0 Å². The van der Waals surface area contributed by atoms with Crippen LogP contribution in [0, 0.1) is 19.8 Å². The van der Waals surface area contributed by atoms with E-state index < -0.39 is 0 Å². The van der Waals surface area contributed by atoms with Gasteiger partial charge in [-0.15, -0.1) is 0 Å². The van der Waals surface area contributed by atoms with Crippen LogP contribution in [-0.2, 0) is 4.74 Å². The molecule has 0 atom stereocenters. The molecule has 0 heterocycles. The largest absolute Gasteiger partial charge is 0.465 e. The molecule has 33 heavy (non-hydrogen) atoms. The summed E-state index contributed by atoms with van der Waals surface area (Å²) in [5, 5.41) is 6.87. The first kappa shape index (κ1) is 24.4. The Labute approximate surface area is 198 Å². The molecule has 4 nitrogen and oxygen atoms in total. The Morgan fingerprint density at radius 1 is 0.879 bits per heavy atom. The molecule has 0 aromatic heterocycles. The predicted molar refractivity (Wildman–Crippen MR) is 140 cm³/mol. The Balaban J connectivity index is 2.05. The van der Waals surface area contributed by atoms with Crippen molar-refractivity contribution in [2.24, 2.45) is 5.92 Å². The third kappa shape index (κ3) is 5.75. The van der Waals surface area contributed by atoms with Crippen molar-refractivity contribution in [2.75, 3.05) is 24.3 Å². The zero-order valence-corrected chi connectivity index (χ0v) is 20.9. The van der Waals surface area contributed by atoms with Gasteiger partial charge in [0.2, 0.25) is 0 Å². The van der Waals surface area contributed by atoms with Crippen LogP contribution < -0.4 is 10.6 Å². The van der Waals surface area contributed by atoms with E-state index in [1.165, 1.54) is 7.11 Å². The SMILES string of the molecule is COC(=O)c1c(C)c(-c2ccc(NCC(C)C)cc2)cc(C)c1-c1ccc(NC(C)C)cc1. The van der Waals surface area contributed by atoms with Crippen molar-refractivity contribution >= 4 is 17.3 Å². The third-order valence-corrected chi connectivity index (χ3v) is 5.71. The molecule has 3 aromatic carbocycles. The molecule has 4 heteroatoms. The van der Waals surface area contributed by atoms with E-state index in [1.54, 1.807) is 0 Å². The summed E-state index contributed by atoms with van der Waals surface area (Å²) in [7, 11) is 1.44. The minimum atomic E-state index is -0.313. The second-order valence-electron chi connectivity index (χ2n) is 9.34. The topological polar surface area (TPSA) is 50.4 Å². The molecule has 0 aliphatic heterocycles. The maximum atomic E-state index is 12.9. The second-order valence-corrected chi connectivity index (χ2v) is 9.34. The number of esters is 1. The van der Waals surface area contributed by atoms with E-state index in [1.807, 2.05) is 6.92 Å². The fourth-order valence-corrected chi connectivity index (χ4v) is 4.10. The zero-order chi connectivity index (χ0) is 24.1. The van der Waals surface area contributed by atoms with Gasteiger partial charge in [-0.2, -0.15) is 0 Å². The van der Waals surface area contributed by atoms with Gasteiger partial charge in [0.1, 0.15) is 0 Å². The van der Waals surface area contributed by atoms with E-state index in [2.05, 4.69) is 99.8 Å². The lowest BCUT2D eigenvalue weighted by atomic mass is 9.86. The molecule has 0 saturated carbocycles. The average Bonchev–Trinajstić information content (AvgIpc) is 2.79. The van der Waals surface area contributed by atoms with Gasteiger partial charge in [-0.25, -0.2) is 4.79 Å². The lowest BCUT2D eigenvalue weighted by Gasteiger charge is -2.19. The van der Waals surface area contributed by atoms with Crippen LogP contribution in [0.15, 0.2) is 54.6 Å². The molecule has 0 saturated heterocycles. The summed E-state index contributed by atoms with van der Waals surface area (Å²) in [5.41, 5.74) is 8.81. The second kappa shape index (κ2) is 10.6. The Hall–Kier alpha value is -3.27. The highest BCUT2D eigenvalue weighted by atomic mass is 16.5. The van der Waals surface area contributed by atoms with Crippen molar-refractivity contribution in [3.05, 3.63) is 71.3 Å². The number of hydrogen-bond donors (Lipinski definition) is 2. The number of benzene rings is 3. The first-order valence-electron chi connectivity index (χ1n) is 11.6. The lowest BCUT2D eigenvalue weighted by molar-refractivity contribution is 0.0601. The molecule has 0 aliphatic carbocycles. The molecule has 0 unspecified atom stereocenters. The van der Waals surface area contributed by atoms with Gasteiger partial charge in [0.15, 0.2) is 0 Å². The maximum absolute atomic E-state index is 12.9. The zero-order valence-electron chi connectivity index (χ0n) is 20.9. The molecule has 0 amide bonds. The van der Waals surface area contributed by atoms with Crippen molar-refractivity contribution in [1.29, 1.82) is 0 Å². The molecule has 0 radical (unpaired) electrons. The number of hydrogen-bond acceptors (Lipinski definition) is 4. The number of rotatable bonds is 8. The number of carbonyl (C=O) groups is 1. The number of nitrogens with one attached hydrogen (secondary N) is 2. The summed E-state index contributed by atoms with van der Waals surface area (Å²) in [6.45, 7) is 13.6. The van der Waals surface area contributed by atoms with Crippen LogP contribution in [0.3, 0.4) is 0 Å².